The quantitative estimate of drug-likeness (QED) is 0.849. The summed E-state index contributed by atoms with van der Waals surface area (Å²) in [5.41, 5.74) is 0.994. The second-order valence-corrected chi connectivity index (χ2v) is 4.72. The molecule has 0 aliphatic carbocycles. The summed E-state index contributed by atoms with van der Waals surface area (Å²) in [6.07, 6.45) is 1.36. The minimum Gasteiger partial charge on any atom is -0.465 e. The second-order valence-electron chi connectivity index (χ2n) is 4.72. The van der Waals surface area contributed by atoms with Gasteiger partial charge in [-0.15, -0.1) is 0 Å². The number of hydrogen-bond donors (Lipinski definition) is 1. The summed E-state index contributed by atoms with van der Waals surface area (Å²) in [5, 5.41) is 2.45. The number of esters is 1. The van der Waals surface area contributed by atoms with Gasteiger partial charge in [0.1, 0.15) is 5.75 Å². The van der Waals surface area contributed by atoms with Crippen LogP contribution < -0.4 is 10.1 Å². The lowest BCUT2D eigenvalue weighted by Gasteiger charge is -2.13. The maximum atomic E-state index is 12.6. The molecule has 0 atom stereocenters. The lowest BCUT2D eigenvalue weighted by Crippen LogP contribution is -2.15. The zero-order chi connectivity index (χ0) is 17.7. The van der Waals surface area contributed by atoms with Crippen molar-refractivity contribution in [1.29, 1.82) is 0 Å². The van der Waals surface area contributed by atoms with Gasteiger partial charge in [-0.25, -0.2) is 4.79 Å². The van der Waals surface area contributed by atoms with E-state index in [4.69, 9.17) is 0 Å². The van der Waals surface area contributed by atoms with Crippen molar-refractivity contribution >= 4 is 17.6 Å². The highest BCUT2D eigenvalue weighted by Gasteiger charge is 2.16. The standard InChI is InChI=1S/C16H14F2N2O4/c1-9-3-4-11(8-19-9)14(21)20-12-6-5-10(15(22)23-2)7-13(12)24-16(17)18/h3-8,16H,1-2H3,(H,20,21). The van der Waals surface area contributed by atoms with Gasteiger partial charge in [-0.1, -0.05) is 0 Å². The number of halogens is 2. The Hall–Kier alpha value is -3.03. The number of ether oxygens (including phenoxy) is 2. The predicted molar refractivity (Wildman–Crippen MR) is 81.3 cm³/mol. The van der Waals surface area contributed by atoms with Crippen molar-refractivity contribution in [1.82, 2.24) is 4.98 Å². The number of rotatable bonds is 5. The van der Waals surface area contributed by atoms with Crippen molar-refractivity contribution in [3.63, 3.8) is 0 Å². The van der Waals surface area contributed by atoms with Crippen LogP contribution >= 0.6 is 0 Å². The Morgan fingerprint density at radius 1 is 1.17 bits per heavy atom. The van der Waals surface area contributed by atoms with Crippen LogP contribution in [0.5, 0.6) is 5.75 Å². The Morgan fingerprint density at radius 2 is 1.88 bits per heavy atom. The van der Waals surface area contributed by atoms with Crippen LogP contribution in [0.2, 0.25) is 0 Å². The fourth-order valence-electron chi connectivity index (χ4n) is 1.86. The molecule has 0 saturated heterocycles. The first-order chi connectivity index (χ1) is 11.4. The first-order valence-electron chi connectivity index (χ1n) is 6.82. The first kappa shape index (κ1) is 17.3. The summed E-state index contributed by atoms with van der Waals surface area (Å²) in [7, 11) is 1.16. The number of anilines is 1. The Labute approximate surface area is 136 Å². The number of methoxy groups -OCH3 is 1. The molecule has 1 N–H and O–H groups in total. The van der Waals surface area contributed by atoms with Crippen molar-refractivity contribution in [2.24, 2.45) is 0 Å². The van der Waals surface area contributed by atoms with E-state index in [0.29, 0.717) is 0 Å². The molecular weight excluding hydrogens is 322 g/mol. The summed E-state index contributed by atoms with van der Waals surface area (Å²) in [5.74, 6) is -1.61. The van der Waals surface area contributed by atoms with E-state index < -0.39 is 18.5 Å². The summed E-state index contributed by atoms with van der Waals surface area (Å²) < 4.78 is 34.0. The summed E-state index contributed by atoms with van der Waals surface area (Å²) in [6, 6.07) is 6.87. The van der Waals surface area contributed by atoms with Gasteiger partial charge in [-0.05, 0) is 37.3 Å². The molecular formula is C16H14F2N2O4. The second kappa shape index (κ2) is 7.49. The van der Waals surface area contributed by atoms with Gasteiger partial charge in [0.05, 0.1) is 23.9 Å². The minimum absolute atomic E-state index is 0.00599. The summed E-state index contributed by atoms with van der Waals surface area (Å²) in [6.45, 7) is -1.35. The van der Waals surface area contributed by atoms with Crippen molar-refractivity contribution in [2.75, 3.05) is 12.4 Å². The van der Waals surface area contributed by atoms with E-state index in [0.717, 1.165) is 18.9 Å². The highest BCUT2D eigenvalue weighted by Crippen LogP contribution is 2.28. The van der Waals surface area contributed by atoms with Crippen molar-refractivity contribution in [3.05, 3.63) is 53.3 Å². The molecule has 0 unspecified atom stereocenters. The average molecular weight is 336 g/mol. The fraction of sp³-hybridized carbons (Fsp3) is 0.188. The number of hydrogen-bond acceptors (Lipinski definition) is 5. The molecule has 0 saturated carbocycles. The maximum absolute atomic E-state index is 12.6. The van der Waals surface area contributed by atoms with Crippen LogP contribution in [0, 0.1) is 6.92 Å². The molecule has 24 heavy (non-hydrogen) atoms. The van der Waals surface area contributed by atoms with E-state index >= 15 is 0 Å². The number of pyridine rings is 1. The molecule has 2 aromatic rings. The van der Waals surface area contributed by atoms with Crippen molar-refractivity contribution in [2.45, 2.75) is 13.5 Å². The van der Waals surface area contributed by atoms with E-state index in [1.165, 1.54) is 18.3 Å². The first-order valence-corrected chi connectivity index (χ1v) is 6.82. The van der Waals surface area contributed by atoms with E-state index in [2.05, 4.69) is 19.8 Å². The van der Waals surface area contributed by atoms with E-state index in [1.807, 2.05) is 0 Å². The molecule has 0 aliphatic rings. The van der Waals surface area contributed by atoms with Gasteiger partial charge in [0, 0.05) is 11.9 Å². The smallest absolute Gasteiger partial charge is 0.387 e. The van der Waals surface area contributed by atoms with Crippen LogP contribution in [0.4, 0.5) is 14.5 Å². The number of carbonyl (C=O) groups excluding carboxylic acids is 2. The lowest BCUT2D eigenvalue weighted by atomic mass is 10.1. The number of amides is 1. The van der Waals surface area contributed by atoms with Crippen LogP contribution in [-0.4, -0.2) is 30.6 Å². The topological polar surface area (TPSA) is 77.5 Å². The Morgan fingerprint density at radius 3 is 2.46 bits per heavy atom. The van der Waals surface area contributed by atoms with Crippen LogP contribution in [0.15, 0.2) is 36.5 Å². The third-order valence-corrected chi connectivity index (χ3v) is 3.04. The molecule has 0 radical (unpaired) electrons. The number of aromatic nitrogens is 1. The lowest BCUT2D eigenvalue weighted by molar-refractivity contribution is -0.0494. The average Bonchev–Trinajstić information content (AvgIpc) is 2.55. The van der Waals surface area contributed by atoms with Crippen LogP contribution in [-0.2, 0) is 4.74 Å². The highest BCUT2D eigenvalue weighted by atomic mass is 19.3. The molecule has 0 fully saturated rings. The molecule has 0 bridgehead atoms. The molecule has 1 amide bonds. The Bertz CT molecular complexity index is 748. The summed E-state index contributed by atoms with van der Waals surface area (Å²) in [4.78, 5) is 27.6. The van der Waals surface area contributed by atoms with Crippen LogP contribution in [0.3, 0.4) is 0 Å². The Balaban J connectivity index is 2.29. The molecule has 1 heterocycles. The van der Waals surface area contributed by atoms with Gasteiger partial charge in [0.2, 0.25) is 0 Å². The number of aryl methyl sites for hydroxylation is 1. The monoisotopic (exact) mass is 336 g/mol. The zero-order valence-electron chi connectivity index (χ0n) is 12.9. The highest BCUT2D eigenvalue weighted by molar-refractivity contribution is 6.05. The number of nitrogens with one attached hydrogen (secondary N) is 1. The van der Waals surface area contributed by atoms with Crippen LogP contribution in [0.1, 0.15) is 26.4 Å². The van der Waals surface area contributed by atoms with E-state index in [9.17, 15) is 18.4 Å². The molecule has 2 rings (SSSR count). The Kier molecular flexibility index (Phi) is 5.41. The molecule has 8 heteroatoms. The van der Waals surface area contributed by atoms with Gasteiger partial charge in [0.25, 0.3) is 5.91 Å². The normalized spacial score (nSPS) is 10.4. The van der Waals surface area contributed by atoms with E-state index in [1.54, 1.807) is 19.1 Å². The van der Waals surface area contributed by atoms with Crippen molar-refractivity contribution < 1.29 is 27.8 Å². The van der Waals surface area contributed by atoms with Gasteiger partial charge in [0.15, 0.2) is 0 Å². The third-order valence-electron chi connectivity index (χ3n) is 3.04. The van der Waals surface area contributed by atoms with Gasteiger partial charge in [-0.2, -0.15) is 8.78 Å². The van der Waals surface area contributed by atoms with E-state index in [-0.39, 0.29) is 22.6 Å². The maximum Gasteiger partial charge on any atom is 0.387 e. The minimum atomic E-state index is -3.12. The predicted octanol–water partition coefficient (Wildman–Crippen LogP) is 3.03. The number of alkyl halides is 2. The molecule has 6 nitrogen and oxygen atoms in total. The fourth-order valence-corrected chi connectivity index (χ4v) is 1.86. The number of benzene rings is 1. The molecule has 1 aromatic carbocycles. The molecule has 1 aromatic heterocycles. The summed E-state index contributed by atoms with van der Waals surface area (Å²) >= 11 is 0. The molecule has 0 spiro atoms. The number of nitrogens with zero attached hydrogens (tertiary/aromatic N) is 1. The van der Waals surface area contributed by atoms with Crippen molar-refractivity contribution in [3.8, 4) is 5.75 Å². The largest absolute Gasteiger partial charge is 0.465 e. The van der Waals surface area contributed by atoms with Crippen LogP contribution in [0.25, 0.3) is 0 Å². The molecule has 0 aliphatic heterocycles. The van der Waals surface area contributed by atoms with Gasteiger partial charge < -0.3 is 14.8 Å². The molecule has 126 valence electrons. The zero-order valence-corrected chi connectivity index (χ0v) is 12.9. The van der Waals surface area contributed by atoms with Gasteiger partial charge >= 0.3 is 12.6 Å². The SMILES string of the molecule is COC(=O)c1ccc(NC(=O)c2ccc(C)nc2)c(OC(F)F)c1. The number of carbonyl (C=O) groups is 2. The third kappa shape index (κ3) is 4.25. The van der Waals surface area contributed by atoms with Gasteiger partial charge in [-0.3, -0.25) is 9.78 Å².